The molecule has 112 valence electrons. The molecule has 0 unspecified atom stereocenters. The molecule has 6 nitrogen and oxygen atoms in total. The number of nitrogen functional groups attached to an aromatic ring is 1. The fourth-order valence-corrected chi connectivity index (χ4v) is 2.21. The summed E-state index contributed by atoms with van der Waals surface area (Å²) in [5, 5.41) is 2.71. The second-order valence-electron chi connectivity index (χ2n) is 4.89. The van der Waals surface area contributed by atoms with Crippen LogP contribution < -0.4 is 20.5 Å². The zero-order chi connectivity index (χ0) is 15.7. The van der Waals surface area contributed by atoms with E-state index >= 15 is 0 Å². The second-order valence-corrected chi connectivity index (χ2v) is 4.89. The van der Waals surface area contributed by atoms with Gasteiger partial charge in [-0.05, 0) is 31.2 Å². The molecule has 2 aromatic carbocycles. The summed E-state index contributed by atoms with van der Waals surface area (Å²) in [4.78, 5) is 24.1. The quantitative estimate of drug-likeness (QED) is 0.671. The fourth-order valence-electron chi connectivity index (χ4n) is 2.21. The molecule has 0 bridgehead atoms. The molecule has 1 heterocycles. The van der Waals surface area contributed by atoms with Crippen molar-refractivity contribution < 1.29 is 19.1 Å². The third-order valence-corrected chi connectivity index (χ3v) is 3.29. The lowest BCUT2D eigenvalue weighted by molar-refractivity contribution is 0.101. The lowest BCUT2D eigenvalue weighted by Crippen LogP contribution is -2.14. The number of carbonyl (C=O) groups excluding carboxylic acids is 2. The molecule has 6 heteroatoms. The Kier molecular flexibility index (Phi) is 3.42. The van der Waals surface area contributed by atoms with Crippen molar-refractivity contribution in [3.8, 4) is 11.5 Å². The van der Waals surface area contributed by atoms with Gasteiger partial charge in [0, 0.05) is 22.9 Å². The summed E-state index contributed by atoms with van der Waals surface area (Å²) in [6.45, 7) is 1.52. The third-order valence-electron chi connectivity index (χ3n) is 3.29. The molecule has 1 aliphatic heterocycles. The Balaban J connectivity index is 1.94. The highest BCUT2D eigenvalue weighted by Gasteiger charge is 2.20. The van der Waals surface area contributed by atoms with Crippen LogP contribution in [0.1, 0.15) is 27.6 Å². The van der Waals surface area contributed by atoms with Crippen LogP contribution in [0.25, 0.3) is 0 Å². The maximum absolute atomic E-state index is 12.3. The molecule has 0 fully saturated rings. The molecule has 0 spiro atoms. The number of hydrogen-bond donors (Lipinski definition) is 2. The molecule has 0 radical (unpaired) electrons. The number of Topliss-reactive ketones (excluding diaryl/α,β-unsaturated/α-hetero) is 1. The first kappa shape index (κ1) is 13.9. The highest BCUT2D eigenvalue weighted by Crippen LogP contribution is 2.37. The summed E-state index contributed by atoms with van der Waals surface area (Å²) in [5.74, 6) is 0.454. The molecule has 2 aromatic rings. The lowest BCUT2D eigenvalue weighted by Gasteiger charge is -2.11. The average Bonchev–Trinajstić information content (AvgIpc) is 2.93. The monoisotopic (exact) mass is 298 g/mol. The fraction of sp³-hybridized carbons (Fsp3) is 0.125. The topological polar surface area (TPSA) is 90.7 Å². The van der Waals surface area contributed by atoms with E-state index in [9.17, 15) is 9.59 Å². The van der Waals surface area contributed by atoms with E-state index in [0.29, 0.717) is 34.0 Å². The molecular formula is C16H14N2O4. The van der Waals surface area contributed by atoms with Gasteiger partial charge in [0.1, 0.15) is 0 Å². The number of fused-ring (bicyclic) bond motifs is 1. The smallest absolute Gasteiger partial charge is 0.255 e. The largest absolute Gasteiger partial charge is 0.454 e. The molecular weight excluding hydrogens is 284 g/mol. The molecule has 0 aromatic heterocycles. The Morgan fingerprint density at radius 3 is 2.55 bits per heavy atom. The predicted molar refractivity (Wildman–Crippen MR) is 81.4 cm³/mol. The summed E-state index contributed by atoms with van der Waals surface area (Å²) in [6.07, 6.45) is 0. The van der Waals surface area contributed by atoms with Crippen molar-refractivity contribution in [1.29, 1.82) is 0 Å². The summed E-state index contributed by atoms with van der Waals surface area (Å²) >= 11 is 0. The van der Waals surface area contributed by atoms with Crippen molar-refractivity contribution in [2.24, 2.45) is 0 Å². The molecule has 0 atom stereocenters. The van der Waals surface area contributed by atoms with Crippen LogP contribution in [0.4, 0.5) is 11.4 Å². The third kappa shape index (κ3) is 2.58. The van der Waals surface area contributed by atoms with Gasteiger partial charge < -0.3 is 20.5 Å². The number of carbonyl (C=O) groups is 2. The van der Waals surface area contributed by atoms with E-state index in [-0.39, 0.29) is 18.5 Å². The zero-order valence-electron chi connectivity index (χ0n) is 11.9. The molecule has 1 amide bonds. The van der Waals surface area contributed by atoms with E-state index in [0.717, 1.165) is 0 Å². The number of benzene rings is 2. The summed E-state index contributed by atoms with van der Waals surface area (Å²) in [5.41, 5.74) is 7.31. The van der Waals surface area contributed by atoms with E-state index in [4.69, 9.17) is 15.2 Å². The molecule has 22 heavy (non-hydrogen) atoms. The molecule has 1 aliphatic rings. The standard InChI is InChI=1S/C16H14N2O4/c1-9(19)12-6-14-15(22-8-21-14)7-13(12)18-16(20)10-3-2-4-11(17)5-10/h2-7H,8,17H2,1H3,(H,18,20). The minimum Gasteiger partial charge on any atom is -0.454 e. The normalized spacial score (nSPS) is 12.0. The van der Waals surface area contributed by atoms with Crippen LogP contribution in [0.2, 0.25) is 0 Å². The SMILES string of the molecule is CC(=O)c1cc2c(cc1NC(=O)c1cccc(N)c1)OCO2. The number of nitrogens with two attached hydrogens (primary N) is 1. The maximum atomic E-state index is 12.3. The van der Waals surface area contributed by atoms with Gasteiger partial charge in [-0.1, -0.05) is 6.07 Å². The predicted octanol–water partition coefficient (Wildman–Crippen LogP) is 2.45. The van der Waals surface area contributed by atoms with Crippen molar-refractivity contribution in [2.45, 2.75) is 6.92 Å². The van der Waals surface area contributed by atoms with Crippen molar-refractivity contribution in [3.63, 3.8) is 0 Å². The van der Waals surface area contributed by atoms with Crippen LogP contribution in [-0.2, 0) is 0 Å². The summed E-state index contributed by atoms with van der Waals surface area (Å²) in [6, 6.07) is 9.75. The first-order chi connectivity index (χ1) is 10.5. The van der Waals surface area contributed by atoms with Crippen LogP contribution in [-0.4, -0.2) is 18.5 Å². The van der Waals surface area contributed by atoms with E-state index in [1.807, 2.05) is 0 Å². The number of rotatable bonds is 3. The van der Waals surface area contributed by atoms with Gasteiger partial charge in [-0.25, -0.2) is 0 Å². The van der Waals surface area contributed by atoms with Gasteiger partial charge in [0.05, 0.1) is 5.69 Å². The van der Waals surface area contributed by atoms with Crippen LogP contribution in [0.5, 0.6) is 11.5 Å². The Labute approximate surface area is 126 Å². The minimum absolute atomic E-state index is 0.0965. The highest BCUT2D eigenvalue weighted by atomic mass is 16.7. The van der Waals surface area contributed by atoms with Gasteiger partial charge in [-0.2, -0.15) is 0 Å². The number of ketones is 1. The Morgan fingerprint density at radius 2 is 1.86 bits per heavy atom. The van der Waals surface area contributed by atoms with Gasteiger partial charge >= 0.3 is 0 Å². The summed E-state index contributed by atoms with van der Waals surface area (Å²) in [7, 11) is 0. The molecule has 0 saturated heterocycles. The molecule has 3 N–H and O–H groups in total. The highest BCUT2D eigenvalue weighted by molar-refractivity contribution is 6.09. The van der Waals surface area contributed by atoms with Gasteiger partial charge in [-0.3, -0.25) is 9.59 Å². The Hall–Kier alpha value is -3.02. The lowest BCUT2D eigenvalue weighted by atomic mass is 10.1. The minimum atomic E-state index is -0.353. The van der Waals surface area contributed by atoms with Crippen molar-refractivity contribution in [3.05, 3.63) is 47.5 Å². The first-order valence-electron chi connectivity index (χ1n) is 6.66. The van der Waals surface area contributed by atoms with Crippen molar-refractivity contribution >= 4 is 23.1 Å². The van der Waals surface area contributed by atoms with E-state index in [2.05, 4.69) is 5.32 Å². The molecule has 3 rings (SSSR count). The van der Waals surface area contributed by atoms with Gasteiger partial charge in [0.15, 0.2) is 17.3 Å². The molecule has 0 saturated carbocycles. The number of hydrogen-bond acceptors (Lipinski definition) is 5. The molecule has 0 aliphatic carbocycles. The average molecular weight is 298 g/mol. The van der Waals surface area contributed by atoms with E-state index < -0.39 is 0 Å². The van der Waals surface area contributed by atoms with Gasteiger partial charge in [0.25, 0.3) is 5.91 Å². The number of ether oxygens (including phenoxy) is 2. The van der Waals surface area contributed by atoms with Crippen LogP contribution in [0.3, 0.4) is 0 Å². The number of nitrogens with one attached hydrogen (secondary N) is 1. The van der Waals surface area contributed by atoms with Crippen LogP contribution in [0.15, 0.2) is 36.4 Å². The van der Waals surface area contributed by atoms with Crippen LogP contribution >= 0.6 is 0 Å². The number of anilines is 2. The van der Waals surface area contributed by atoms with E-state index in [1.54, 1.807) is 36.4 Å². The second kappa shape index (κ2) is 5.40. The van der Waals surface area contributed by atoms with Crippen molar-refractivity contribution in [1.82, 2.24) is 0 Å². The first-order valence-corrected chi connectivity index (χ1v) is 6.66. The van der Waals surface area contributed by atoms with Gasteiger partial charge in [-0.15, -0.1) is 0 Å². The zero-order valence-corrected chi connectivity index (χ0v) is 11.9. The maximum Gasteiger partial charge on any atom is 0.255 e. The summed E-state index contributed by atoms with van der Waals surface area (Å²) < 4.78 is 10.5. The van der Waals surface area contributed by atoms with Crippen molar-refractivity contribution in [2.75, 3.05) is 17.8 Å². The van der Waals surface area contributed by atoms with E-state index in [1.165, 1.54) is 6.92 Å². The number of amides is 1. The van der Waals surface area contributed by atoms with Crippen LogP contribution in [0, 0.1) is 0 Å². The van der Waals surface area contributed by atoms with Gasteiger partial charge in [0.2, 0.25) is 6.79 Å². The Morgan fingerprint density at radius 1 is 1.14 bits per heavy atom. The Bertz CT molecular complexity index is 771.